The predicted octanol–water partition coefficient (Wildman–Crippen LogP) is 4.73. The van der Waals surface area contributed by atoms with Gasteiger partial charge in [0, 0.05) is 12.1 Å². The number of aliphatic hydroxyl groups is 1. The van der Waals surface area contributed by atoms with Crippen LogP contribution in [-0.2, 0) is 11.3 Å². The number of carbonyl (C=O) groups excluding carboxylic acids is 1. The number of nitriles is 1. The maximum Gasteiger partial charge on any atom is 0.157 e. The van der Waals surface area contributed by atoms with Crippen LogP contribution in [0.1, 0.15) is 83.6 Å². The third-order valence-corrected chi connectivity index (χ3v) is 9.83. The van der Waals surface area contributed by atoms with Crippen LogP contribution in [0.5, 0.6) is 0 Å². The van der Waals surface area contributed by atoms with Crippen LogP contribution in [0.15, 0.2) is 12.4 Å². The molecule has 4 fully saturated rings. The van der Waals surface area contributed by atoms with Gasteiger partial charge >= 0.3 is 0 Å². The molecule has 5 heteroatoms. The van der Waals surface area contributed by atoms with Crippen molar-refractivity contribution in [3.8, 4) is 6.07 Å². The average Bonchev–Trinajstić information content (AvgIpc) is 3.19. The molecule has 8 atom stereocenters. The minimum absolute atomic E-state index is 0.133. The summed E-state index contributed by atoms with van der Waals surface area (Å²) in [7, 11) is 0. The summed E-state index contributed by atoms with van der Waals surface area (Å²) in [5, 5.41) is 23.8. The Morgan fingerprint density at radius 2 is 1.94 bits per heavy atom. The lowest BCUT2D eigenvalue weighted by Gasteiger charge is -2.59. The quantitative estimate of drug-likeness (QED) is 0.762. The van der Waals surface area contributed by atoms with E-state index < -0.39 is 5.60 Å². The smallest absolute Gasteiger partial charge is 0.157 e. The Bertz CT molecular complexity index is 883. The zero-order valence-electron chi connectivity index (χ0n) is 19.1. The lowest BCUT2D eigenvalue weighted by Crippen LogP contribution is -2.52. The second-order valence-corrected chi connectivity index (χ2v) is 11.9. The first kappa shape index (κ1) is 21.2. The largest absolute Gasteiger partial charge is 0.390 e. The van der Waals surface area contributed by atoms with Crippen LogP contribution in [0.3, 0.4) is 0 Å². The molecule has 168 valence electrons. The van der Waals surface area contributed by atoms with E-state index in [0.29, 0.717) is 12.1 Å². The van der Waals surface area contributed by atoms with Crippen molar-refractivity contribution in [2.75, 3.05) is 0 Å². The summed E-state index contributed by atoms with van der Waals surface area (Å²) in [5.74, 6) is 4.38. The first-order valence-electron chi connectivity index (χ1n) is 12.5. The average molecular weight is 424 g/mol. The highest BCUT2D eigenvalue weighted by molar-refractivity contribution is 5.81. The summed E-state index contributed by atoms with van der Waals surface area (Å²) in [6, 6.07) is 2.09. The Labute approximate surface area is 186 Å². The molecule has 1 aromatic heterocycles. The number of rotatable bonds is 3. The Balaban J connectivity index is 1.25. The molecule has 1 heterocycles. The van der Waals surface area contributed by atoms with Crippen LogP contribution < -0.4 is 0 Å². The summed E-state index contributed by atoms with van der Waals surface area (Å²) in [6.07, 6.45) is 14.8. The van der Waals surface area contributed by atoms with Crippen LogP contribution in [0.25, 0.3) is 0 Å². The number of aromatic nitrogens is 2. The fourth-order valence-electron chi connectivity index (χ4n) is 8.41. The fraction of sp³-hybridized carbons (Fsp3) is 0.808. The number of carbonyl (C=O) groups is 1. The van der Waals surface area contributed by atoms with E-state index in [-0.39, 0.29) is 17.1 Å². The molecule has 4 aliphatic rings. The number of fused-ring (bicyclic) bond motifs is 5. The molecular formula is C26H37N3O2. The number of Topliss-reactive ketones (excluding diaryl/α,β-unsaturated/α-hetero) is 1. The Kier molecular flexibility index (Phi) is 5.28. The van der Waals surface area contributed by atoms with E-state index >= 15 is 0 Å². The van der Waals surface area contributed by atoms with Crippen LogP contribution in [0, 0.1) is 52.3 Å². The van der Waals surface area contributed by atoms with E-state index in [9.17, 15) is 9.90 Å². The van der Waals surface area contributed by atoms with Crippen molar-refractivity contribution in [3.63, 3.8) is 0 Å². The lowest BCUT2D eigenvalue weighted by atomic mass is 9.46. The van der Waals surface area contributed by atoms with Gasteiger partial charge < -0.3 is 5.11 Å². The second-order valence-electron chi connectivity index (χ2n) is 11.9. The molecule has 0 radical (unpaired) electrons. The molecule has 31 heavy (non-hydrogen) atoms. The third kappa shape index (κ3) is 3.86. The van der Waals surface area contributed by atoms with Crippen LogP contribution in [0.2, 0.25) is 0 Å². The van der Waals surface area contributed by atoms with Crippen molar-refractivity contribution in [3.05, 3.63) is 18.0 Å². The molecule has 1 N–H and O–H groups in total. The highest BCUT2D eigenvalue weighted by Gasteiger charge is 2.55. The first-order valence-corrected chi connectivity index (χ1v) is 12.5. The second kappa shape index (κ2) is 7.73. The van der Waals surface area contributed by atoms with Gasteiger partial charge in [0.2, 0.25) is 0 Å². The molecule has 0 unspecified atom stereocenters. The molecule has 0 amide bonds. The summed E-state index contributed by atoms with van der Waals surface area (Å²) < 4.78 is 1.63. The van der Waals surface area contributed by atoms with Crippen molar-refractivity contribution in [1.29, 1.82) is 5.26 Å². The molecular weight excluding hydrogens is 386 g/mol. The van der Waals surface area contributed by atoms with Crippen LogP contribution in [0.4, 0.5) is 0 Å². The monoisotopic (exact) mass is 423 g/mol. The Morgan fingerprint density at radius 3 is 2.71 bits per heavy atom. The Hall–Kier alpha value is -1.67. The van der Waals surface area contributed by atoms with Gasteiger partial charge in [0.15, 0.2) is 5.78 Å². The van der Waals surface area contributed by atoms with E-state index in [4.69, 9.17) is 5.26 Å². The molecule has 1 aromatic rings. The van der Waals surface area contributed by atoms with Gasteiger partial charge in [-0.15, -0.1) is 0 Å². The molecule has 0 saturated heterocycles. The van der Waals surface area contributed by atoms with Gasteiger partial charge in [-0.1, -0.05) is 6.92 Å². The standard InChI is InChI=1S/C26H37N3O2/c1-25-9-7-21-20-8-10-26(2,31)12-18(20)3-5-22(21)23(25)6-4-19(11-25)24(30)16-29-15-17(13-27)14-28-29/h14-15,18-23,31H,3-12,16H2,1-2H3/t18-,19-,20+,21-,22-,23+,25-,26-/m1/s1. The molecule has 5 nitrogen and oxygen atoms in total. The van der Waals surface area contributed by atoms with Crippen molar-refractivity contribution in [2.24, 2.45) is 40.9 Å². The van der Waals surface area contributed by atoms with E-state index in [1.807, 2.05) is 6.92 Å². The molecule has 4 aliphatic carbocycles. The zero-order valence-corrected chi connectivity index (χ0v) is 19.1. The molecule has 0 aliphatic heterocycles. The molecule has 0 aromatic carbocycles. The lowest BCUT2D eigenvalue weighted by molar-refractivity contribution is -0.135. The van der Waals surface area contributed by atoms with Gasteiger partial charge in [-0.3, -0.25) is 9.48 Å². The number of nitrogens with zero attached hydrogens (tertiary/aromatic N) is 3. The van der Waals surface area contributed by atoms with Crippen molar-refractivity contribution >= 4 is 5.78 Å². The van der Waals surface area contributed by atoms with Crippen LogP contribution >= 0.6 is 0 Å². The number of hydrogen-bond acceptors (Lipinski definition) is 4. The minimum atomic E-state index is -0.446. The molecule has 4 saturated carbocycles. The predicted molar refractivity (Wildman–Crippen MR) is 118 cm³/mol. The number of hydrogen-bond donors (Lipinski definition) is 1. The van der Waals surface area contributed by atoms with Crippen LogP contribution in [-0.4, -0.2) is 26.3 Å². The SMILES string of the molecule is C[C@@]1(O)CC[C@H]2[C@H](CC[C@@H]3[C@@H]2CC[C@]2(C)C[C@H](C(=O)Cn4cc(C#N)cn4)CC[C@@H]32)C1. The van der Waals surface area contributed by atoms with Crippen molar-refractivity contribution < 1.29 is 9.90 Å². The Morgan fingerprint density at radius 1 is 1.13 bits per heavy atom. The van der Waals surface area contributed by atoms with Gasteiger partial charge in [-0.05, 0) is 106 Å². The number of ketones is 1. The minimum Gasteiger partial charge on any atom is -0.390 e. The van der Waals surface area contributed by atoms with E-state index in [1.165, 1.54) is 44.7 Å². The summed E-state index contributed by atoms with van der Waals surface area (Å²) in [6.45, 7) is 4.80. The summed E-state index contributed by atoms with van der Waals surface area (Å²) >= 11 is 0. The highest BCUT2D eigenvalue weighted by atomic mass is 16.3. The normalized spacial score (nSPS) is 44.5. The molecule has 5 rings (SSSR count). The molecule has 0 spiro atoms. The van der Waals surface area contributed by atoms with Crippen molar-refractivity contribution in [2.45, 2.75) is 90.2 Å². The van der Waals surface area contributed by atoms with Gasteiger partial charge in [-0.25, -0.2) is 0 Å². The van der Waals surface area contributed by atoms with E-state index in [1.54, 1.807) is 10.9 Å². The zero-order chi connectivity index (χ0) is 21.8. The van der Waals surface area contributed by atoms with Gasteiger partial charge in [-0.2, -0.15) is 10.4 Å². The summed E-state index contributed by atoms with van der Waals surface area (Å²) in [4.78, 5) is 13.0. The maximum absolute atomic E-state index is 13.0. The van der Waals surface area contributed by atoms with Gasteiger partial charge in [0.05, 0.1) is 23.9 Å². The van der Waals surface area contributed by atoms with Crippen molar-refractivity contribution in [1.82, 2.24) is 9.78 Å². The first-order chi connectivity index (χ1) is 14.8. The summed E-state index contributed by atoms with van der Waals surface area (Å²) in [5.41, 5.74) is 0.356. The van der Waals surface area contributed by atoms with E-state index in [0.717, 1.165) is 55.3 Å². The molecule has 0 bridgehead atoms. The van der Waals surface area contributed by atoms with E-state index in [2.05, 4.69) is 18.1 Å². The highest BCUT2D eigenvalue weighted by Crippen LogP contribution is 2.62. The topological polar surface area (TPSA) is 78.9 Å². The third-order valence-electron chi connectivity index (χ3n) is 9.83. The van der Waals surface area contributed by atoms with Gasteiger partial charge in [0.25, 0.3) is 0 Å². The van der Waals surface area contributed by atoms with Gasteiger partial charge in [0.1, 0.15) is 6.07 Å². The maximum atomic E-state index is 13.0. The fourth-order valence-corrected chi connectivity index (χ4v) is 8.41.